The molecule has 0 unspecified atom stereocenters. The van der Waals surface area contributed by atoms with Gasteiger partial charge in [-0.05, 0) is 12.0 Å². The highest BCUT2D eigenvalue weighted by Gasteiger charge is 2.56. The molecule has 0 bridgehead atoms. The molecule has 0 saturated carbocycles. The van der Waals surface area contributed by atoms with Gasteiger partial charge < -0.3 is 50.0 Å². The smallest absolute Gasteiger partial charge is 0.337 e. The Labute approximate surface area is 153 Å². The van der Waals surface area contributed by atoms with Crippen LogP contribution in [0.5, 0.6) is 0 Å². The van der Waals surface area contributed by atoms with Gasteiger partial charge in [0.1, 0.15) is 35.6 Å². The summed E-state index contributed by atoms with van der Waals surface area (Å²) < 4.78 is 16.0. The van der Waals surface area contributed by atoms with E-state index in [0.717, 1.165) is 6.26 Å². The second-order valence-corrected chi connectivity index (χ2v) is 6.72. The van der Waals surface area contributed by atoms with E-state index in [1.807, 2.05) is 0 Å². The summed E-state index contributed by atoms with van der Waals surface area (Å²) in [7, 11) is 0. The van der Waals surface area contributed by atoms with Crippen LogP contribution in [0.25, 0.3) is 0 Å². The molecule has 27 heavy (non-hydrogen) atoms. The second-order valence-electron chi connectivity index (χ2n) is 6.72. The summed E-state index contributed by atoms with van der Waals surface area (Å²) in [5.41, 5.74) is -2.04. The normalized spacial score (nSPS) is 44.1. The van der Waals surface area contributed by atoms with Gasteiger partial charge in [-0.3, -0.25) is 0 Å². The van der Waals surface area contributed by atoms with Gasteiger partial charge in [0.25, 0.3) is 0 Å². The number of aliphatic hydroxyl groups excluding tert-OH is 5. The maximum absolute atomic E-state index is 11.4. The third kappa shape index (κ3) is 3.26. The molecule has 0 aromatic carbocycles. The van der Waals surface area contributed by atoms with Crippen LogP contribution in [-0.4, -0.2) is 97.5 Å². The number of fused-ring (bicyclic) bond motifs is 1. The summed E-state index contributed by atoms with van der Waals surface area (Å²) in [6.45, 7) is -1.15. The molecule has 11 nitrogen and oxygen atoms in total. The summed E-state index contributed by atoms with van der Waals surface area (Å²) in [5, 5.41) is 68.7. The van der Waals surface area contributed by atoms with Crippen LogP contribution in [0.15, 0.2) is 23.5 Å². The van der Waals surface area contributed by atoms with E-state index in [-0.39, 0.29) is 12.0 Å². The number of aliphatic carboxylic acids is 1. The van der Waals surface area contributed by atoms with Crippen molar-refractivity contribution in [3.05, 3.63) is 23.5 Å². The van der Waals surface area contributed by atoms with E-state index in [1.165, 1.54) is 6.08 Å². The van der Waals surface area contributed by atoms with Crippen molar-refractivity contribution in [2.24, 2.45) is 5.92 Å². The summed E-state index contributed by atoms with van der Waals surface area (Å²) in [6, 6.07) is 0. The van der Waals surface area contributed by atoms with Crippen LogP contribution in [0, 0.1) is 5.92 Å². The standard InChI is InChI=1S/C16H22O11/c17-3-6-1-2-16(24)7(13(22)23)5-25-14(9(6)16)27-15-12(21)11(20)10(19)8(4-18)26-15/h1,5,8-12,14-15,17-21,24H,2-4H2,(H,22,23)/t8-,9+,10-,11+,12-,14+,15+,16+/m1/s1. The predicted octanol–water partition coefficient (Wildman–Crippen LogP) is -3.20. The third-order valence-electron chi connectivity index (χ3n) is 5.18. The maximum atomic E-state index is 11.4. The van der Waals surface area contributed by atoms with Crippen LogP contribution in [0.3, 0.4) is 0 Å². The molecule has 0 aromatic heterocycles. The molecule has 2 aliphatic heterocycles. The minimum Gasteiger partial charge on any atom is -0.478 e. The van der Waals surface area contributed by atoms with Gasteiger partial charge in [0.2, 0.25) is 6.29 Å². The van der Waals surface area contributed by atoms with Gasteiger partial charge in [0.15, 0.2) is 6.29 Å². The summed E-state index contributed by atoms with van der Waals surface area (Å²) in [6.07, 6.45) is -6.87. The Morgan fingerprint density at radius 3 is 2.48 bits per heavy atom. The zero-order valence-corrected chi connectivity index (χ0v) is 14.1. The number of aliphatic hydroxyl groups is 6. The van der Waals surface area contributed by atoms with Gasteiger partial charge in [-0.1, -0.05) is 6.08 Å². The SMILES string of the molecule is O=C(O)C1=CO[C@@H](O[C@@H]2O[C@H](CO)[C@@H](O)[C@H](O)[C@H]2O)[C@@H]2C(CO)=CC[C@]12O. The van der Waals surface area contributed by atoms with Crippen molar-refractivity contribution in [2.75, 3.05) is 13.2 Å². The van der Waals surface area contributed by atoms with E-state index >= 15 is 0 Å². The molecule has 1 fully saturated rings. The Bertz CT molecular complexity index is 644. The third-order valence-corrected chi connectivity index (χ3v) is 5.18. The first-order chi connectivity index (χ1) is 12.7. The minimum absolute atomic E-state index is 0.0937. The highest BCUT2D eigenvalue weighted by Crippen LogP contribution is 2.47. The Morgan fingerprint density at radius 2 is 1.89 bits per heavy atom. The first-order valence-corrected chi connectivity index (χ1v) is 8.32. The summed E-state index contributed by atoms with van der Waals surface area (Å²) >= 11 is 0. The molecule has 3 rings (SSSR count). The number of ether oxygens (including phenoxy) is 3. The molecule has 7 N–H and O–H groups in total. The van der Waals surface area contributed by atoms with Crippen LogP contribution >= 0.6 is 0 Å². The quantitative estimate of drug-likeness (QED) is 0.234. The molecule has 11 heteroatoms. The van der Waals surface area contributed by atoms with Crippen molar-refractivity contribution < 1.29 is 54.8 Å². The number of carbonyl (C=O) groups is 1. The molecule has 3 aliphatic rings. The zero-order valence-electron chi connectivity index (χ0n) is 14.1. The molecular weight excluding hydrogens is 368 g/mol. The van der Waals surface area contributed by atoms with Crippen LogP contribution in [-0.2, 0) is 19.0 Å². The fourth-order valence-electron chi connectivity index (χ4n) is 3.66. The van der Waals surface area contributed by atoms with E-state index in [1.54, 1.807) is 0 Å². The van der Waals surface area contributed by atoms with Crippen LogP contribution < -0.4 is 0 Å². The lowest BCUT2D eigenvalue weighted by Gasteiger charge is -2.44. The fourth-order valence-corrected chi connectivity index (χ4v) is 3.66. The van der Waals surface area contributed by atoms with E-state index < -0.39 is 73.3 Å². The van der Waals surface area contributed by atoms with Gasteiger partial charge in [-0.15, -0.1) is 0 Å². The van der Waals surface area contributed by atoms with Crippen molar-refractivity contribution in [3.63, 3.8) is 0 Å². The fraction of sp³-hybridized carbons (Fsp3) is 0.688. The Kier molecular flexibility index (Phi) is 5.57. The van der Waals surface area contributed by atoms with Gasteiger partial charge in [-0.2, -0.15) is 0 Å². The van der Waals surface area contributed by atoms with Crippen molar-refractivity contribution >= 4 is 5.97 Å². The van der Waals surface area contributed by atoms with E-state index in [4.69, 9.17) is 14.2 Å². The second kappa shape index (κ2) is 7.45. The topological polar surface area (TPSA) is 186 Å². The van der Waals surface area contributed by atoms with E-state index in [2.05, 4.69) is 0 Å². The van der Waals surface area contributed by atoms with Gasteiger partial charge >= 0.3 is 5.97 Å². The summed E-state index contributed by atoms with van der Waals surface area (Å²) in [4.78, 5) is 11.4. The molecule has 0 radical (unpaired) electrons. The molecule has 0 spiro atoms. The van der Waals surface area contributed by atoms with Crippen molar-refractivity contribution in [1.82, 2.24) is 0 Å². The first kappa shape index (κ1) is 20.2. The van der Waals surface area contributed by atoms with Gasteiger partial charge in [0, 0.05) is 0 Å². The number of carboxylic acid groups (broad SMARTS) is 1. The lowest BCUT2D eigenvalue weighted by Crippen LogP contribution is -2.61. The Hall–Kier alpha value is -1.57. The lowest BCUT2D eigenvalue weighted by molar-refractivity contribution is -0.343. The van der Waals surface area contributed by atoms with E-state index in [9.17, 15) is 40.5 Å². The maximum Gasteiger partial charge on any atom is 0.337 e. The molecular formula is C16H22O11. The zero-order chi connectivity index (χ0) is 19.9. The Balaban J connectivity index is 1.86. The van der Waals surface area contributed by atoms with Gasteiger partial charge in [0.05, 0.1) is 25.4 Å². The minimum atomic E-state index is -1.90. The number of rotatable bonds is 5. The molecule has 8 atom stereocenters. The van der Waals surface area contributed by atoms with E-state index in [0.29, 0.717) is 0 Å². The Morgan fingerprint density at radius 1 is 1.19 bits per heavy atom. The number of hydrogen-bond acceptors (Lipinski definition) is 10. The lowest BCUT2D eigenvalue weighted by atomic mass is 9.79. The molecule has 152 valence electrons. The predicted molar refractivity (Wildman–Crippen MR) is 83.7 cm³/mol. The number of hydrogen-bond donors (Lipinski definition) is 7. The average molecular weight is 390 g/mol. The highest BCUT2D eigenvalue weighted by molar-refractivity contribution is 5.89. The largest absolute Gasteiger partial charge is 0.478 e. The summed E-state index contributed by atoms with van der Waals surface area (Å²) in [5.74, 6) is -2.51. The van der Waals surface area contributed by atoms with Crippen molar-refractivity contribution in [2.45, 2.75) is 49.0 Å². The molecule has 0 amide bonds. The van der Waals surface area contributed by atoms with Crippen molar-refractivity contribution in [1.29, 1.82) is 0 Å². The highest BCUT2D eigenvalue weighted by atomic mass is 16.8. The average Bonchev–Trinajstić information content (AvgIpc) is 2.99. The first-order valence-electron chi connectivity index (χ1n) is 8.32. The monoisotopic (exact) mass is 390 g/mol. The number of carboxylic acids is 1. The van der Waals surface area contributed by atoms with Crippen LogP contribution in [0.2, 0.25) is 0 Å². The molecule has 1 aliphatic carbocycles. The van der Waals surface area contributed by atoms with Crippen LogP contribution in [0.4, 0.5) is 0 Å². The molecule has 0 aromatic rings. The van der Waals surface area contributed by atoms with Crippen LogP contribution in [0.1, 0.15) is 6.42 Å². The van der Waals surface area contributed by atoms with Crippen molar-refractivity contribution in [3.8, 4) is 0 Å². The molecule has 2 heterocycles. The molecule has 1 saturated heterocycles. The van der Waals surface area contributed by atoms with Gasteiger partial charge in [-0.25, -0.2) is 4.79 Å².